The van der Waals surface area contributed by atoms with Gasteiger partial charge in [-0.25, -0.2) is 0 Å². The van der Waals surface area contributed by atoms with Crippen LogP contribution in [-0.2, 0) is 5.41 Å². The van der Waals surface area contributed by atoms with E-state index in [0.29, 0.717) is 5.41 Å². The first kappa shape index (κ1) is 10.5. The average Bonchev–Trinajstić information content (AvgIpc) is 2.84. The van der Waals surface area contributed by atoms with Gasteiger partial charge in [-0.15, -0.1) is 0 Å². The molecule has 1 aromatic rings. The minimum absolute atomic E-state index is 0.400. The van der Waals surface area contributed by atoms with Crippen molar-refractivity contribution in [3.8, 4) is 5.75 Å². The number of ether oxygens (including phenoxy) is 1. The van der Waals surface area contributed by atoms with Crippen molar-refractivity contribution in [2.45, 2.75) is 25.2 Å². The fourth-order valence-electron chi connectivity index (χ4n) is 1.58. The smallest absolute Gasteiger partial charge is 0.147 e. The maximum absolute atomic E-state index is 5.27. The van der Waals surface area contributed by atoms with Gasteiger partial charge < -0.3 is 4.74 Å². The van der Waals surface area contributed by atoms with Crippen LogP contribution in [0, 0.1) is 0 Å². The van der Waals surface area contributed by atoms with Crippen molar-refractivity contribution in [2.24, 2.45) is 0 Å². The molecule has 0 aromatic heterocycles. The van der Waals surface area contributed by atoms with Crippen molar-refractivity contribution < 1.29 is 4.74 Å². The van der Waals surface area contributed by atoms with Gasteiger partial charge in [0.15, 0.2) is 0 Å². The monoisotopic (exact) mass is 318 g/mol. The third-order valence-corrected chi connectivity index (χ3v) is 4.08. The third kappa shape index (κ3) is 1.72. The van der Waals surface area contributed by atoms with Crippen molar-refractivity contribution in [3.05, 3.63) is 26.6 Å². The van der Waals surface area contributed by atoms with Crippen LogP contribution in [0.4, 0.5) is 0 Å². The Kier molecular flexibility index (Phi) is 2.64. The molecule has 76 valence electrons. The molecule has 0 bridgehead atoms. The third-order valence-electron chi connectivity index (χ3n) is 2.90. The SMILES string of the molecule is COc1c(Br)cc(C2(C)CC2)cc1Br. The van der Waals surface area contributed by atoms with E-state index in [9.17, 15) is 0 Å². The van der Waals surface area contributed by atoms with Crippen LogP contribution < -0.4 is 4.74 Å². The van der Waals surface area contributed by atoms with Crippen molar-refractivity contribution in [3.63, 3.8) is 0 Å². The summed E-state index contributed by atoms with van der Waals surface area (Å²) >= 11 is 7.05. The number of hydrogen-bond donors (Lipinski definition) is 0. The summed E-state index contributed by atoms with van der Waals surface area (Å²) in [5, 5.41) is 0. The fourth-order valence-corrected chi connectivity index (χ4v) is 3.09. The zero-order valence-electron chi connectivity index (χ0n) is 8.23. The minimum Gasteiger partial charge on any atom is -0.494 e. The van der Waals surface area contributed by atoms with Gasteiger partial charge in [-0.3, -0.25) is 0 Å². The molecule has 0 amide bonds. The molecule has 1 aromatic carbocycles. The molecule has 2 rings (SSSR count). The van der Waals surface area contributed by atoms with Gasteiger partial charge in [-0.2, -0.15) is 0 Å². The molecule has 0 spiro atoms. The molecule has 0 aliphatic heterocycles. The molecule has 0 atom stereocenters. The van der Waals surface area contributed by atoms with Crippen LogP contribution in [0.15, 0.2) is 21.1 Å². The minimum atomic E-state index is 0.400. The van der Waals surface area contributed by atoms with Gasteiger partial charge in [0.1, 0.15) is 5.75 Å². The molecule has 0 saturated heterocycles. The quantitative estimate of drug-likeness (QED) is 0.791. The number of halogens is 2. The van der Waals surface area contributed by atoms with E-state index in [4.69, 9.17) is 4.74 Å². The maximum Gasteiger partial charge on any atom is 0.147 e. The van der Waals surface area contributed by atoms with Gasteiger partial charge in [0.2, 0.25) is 0 Å². The summed E-state index contributed by atoms with van der Waals surface area (Å²) in [6.45, 7) is 2.30. The Hall–Kier alpha value is -0.0200. The Balaban J connectivity index is 2.47. The van der Waals surface area contributed by atoms with Gasteiger partial charge in [-0.05, 0) is 67.8 Å². The summed E-state index contributed by atoms with van der Waals surface area (Å²) in [7, 11) is 1.68. The van der Waals surface area contributed by atoms with Crippen LogP contribution in [0.5, 0.6) is 5.75 Å². The van der Waals surface area contributed by atoms with Crippen LogP contribution >= 0.6 is 31.9 Å². The molecule has 1 aliphatic rings. The van der Waals surface area contributed by atoms with E-state index in [1.807, 2.05) is 0 Å². The second kappa shape index (κ2) is 3.53. The number of methoxy groups -OCH3 is 1. The van der Waals surface area contributed by atoms with Crippen LogP contribution in [-0.4, -0.2) is 7.11 Å². The highest BCUT2D eigenvalue weighted by Crippen LogP contribution is 2.50. The zero-order chi connectivity index (χ0) is 10.3. The molecule has 0 N–H and O–H groups in total. The highest BCUT2D eigenvalue weighted by molar-refractivity contribution is 9.11. The summed E-state index contributed by atoms with van der Waals surface area (Å²) in [4.78, 5) is 0. The first-order valence-corrected chi connectivity index (χ1v) is 6.19. The van der Waals surface area contributed by atoms with Crippen molar-refractivity contribution >= 4 is 31.9 Å². The molecule has 1 fully saturated rings. The lowest BCUT2D eigenvalue weighted by Crippen LogP contribution is -2.00. The van der Waals surface area contributed by atoms with Crippen LogP contribution in [0.2, 0.25) is 0 Å². The lowest BCUT2D eigenvalue weighted by molar-refractivity contribution is 0.409. The van der Waals surface area contributed by atoms with E-state index in [-0.39, 0.29) is 0 Å². The molecular formula is C11H12Br2O. The summed E-state index contributed by atoms with van der Waals surface area (Å²) in [5.41, 5.74) is 1.79. The summed E-state index contributed by atoms with van der Waals surface area (Å²) in [5.74, 6) is 0.873. The Morgan fingerprint density at radius 2 is 1.71 bits per heavy atom. The summed E-state index contributed by atoms with van der Waals surface area (Å²) in [6, 6.07) is 4.33. The van der Waals surface area contributed by atoms with Crippen LogP contribution in [0.25, 0.3) is 0 Å². The predicted molar refractivity (Wildman–Crippen MR) is 65.0 cm³/mol. The van der Waals surface area contributed by atoms with Gasteiger partial charge in [-0.1, -0.05) is 6.92 Å². The topological polar surface area (TPSA) is 9.23 Å². The van der Waals surface area contributed by atoms with Gasteiger partial charge in [0.05, 0.1) is 16.1 Å². The molecule has 1 nitrogen and oxygen atoms in total. The molecule has 3 heteroatoms. The van der Waals surface area contributed by atoms with E-state index in [1.54, 1.807) is 7.11 Å². The summed E-state index contributed by atoms with van der Waals surface area (Å²) < 4.78 is 7.32. The van der Waals surface area contributed by atoms with Gasteiger partial charge in [0.25, 0.3) is 0 Å². The van der Waals surface area contributed by atoms with Crippen molar-refractivity contribution in [1.82, 2.24) is 0 Å². The Morgan fingerprint density at radius 3 is 2.07 bits per heavy atom. The largest absolute Gasteiger partial charge is 0.494 e. The Labute approximate surface area is 101 Å². The highest BCUT2D eigenvalue weighted by Gasteiger charge is 2.39. The van der Waals surface area contributed by atoms with Crippen molar-refractivity contribution in [1.29, 1.82) is 0 Å². The highest BCUT2D eigenvalue weighted by atomic mass is 79.9. The van der Waals surface area contributed by atoms with Crippen molar-refractivity contribution in [2.75, 3.05) is 7.11 Å². The molecular weight excluding hydrogens is 308 g/mol. The Morgan fingerprint density at radius 1 is 1.21 bits per heavy atom. The fraction of sp³-hybridized carbons (Fsp3) is 0.455. The van der Waals surface area contributed by atoms with Crippen LogP contribution in [0.1, 0.15) is 25.3 Å². The van der Waals surface area contributed by atoms with E-state index in [2.05, 4.69) is 50.9 Å². The van der Waals surface area contributed by atoms with Crippen LogP contribution in [0.3, 0.4) is 0 Å². The van der Waals surface area contributed by atoms with E-state index < -0.39 is 0 Å². The number of rotatable bonds is 2. The molecule has 1 saturated carbocycles. The standard InChI is InChI=1S/C11H12Br2O/c1-11(3-4-11)7-5-8(12)10(14-2)9(13)6-7/h5-6H,3-4H2,1-2H3. The second-order valence-electron chi connectivity index (χ2n) is 4.03. The van der Waals surface area contributed by atoms with E-state index in [0.717, 1.165) is 14.7 Å². The van der Waals surface area contributed by atoms with Gasteiger partial charge >= 0.3 is 0 Å². The maximum atomic E-state index is 5.27. The number of hydrogen-bond acceptors (Lipinski definition) is 1. The Bertz CT molecular complexity index is 347. The lowest BCUT2D eigenvalue weighted by atomic mass is 9.98. The zero-order valence-corrected chi connectivity index (χ0v) is 11.4. The molecule has 0 unspecified atom stereocenters. The average molecular weight is 320 g/mol. The summed E-state index contributed by atoms with van der Waals surface area (Å²) in [6.07, 6.45) is 2.58. The van der Waals surface area contributed by atoms with E-state index in [1.165, 1.54) is 18.4 Å². The first-order chi connectivity index (χ1) is 6.57. The predicted octanol–water partition coefficient (Wildman–Crippen LogP) is 4.27. The lowest BCUT2D eigenvalue weighted by Gasteiger charge is -2.13. The number of benzene rings is 1. The molecule has 0 heterocycles. The van der Waals surface area contributed by atoms with E-state index >= 15 is 0 Å². The second-order valence-corrected chi connectivity index (χ2v) is 5.74. The van der Waals surface area contributed by atoms with Gasteiger partial charge in [0, 0.05) is 0 Å². The molecule has 1 aliphatic carbocycles. The molecule has 0 radical (unpaired) electrons. The molecule has 14 heavy (non-hydrogen) atoms. The first-order valence-electron chi connectivity index (χ1n) is 4.60. The normalized spacial score (nSPS) is 18.0.